The predicted molar refractivity (Wildman–Crippen MR) is 85.3 cm³/mol. The van der Waals surface area contributed by atoms with Gasteiger partial charge in [-0.05, 0) is 25.2 Å². The highest BCUT2D eigenvalue weighted by Crippen LogP contribution is 2.30. The number of nitrogens with one attached hydrogen (secondary N) is 1. The topological polar surface area (TPSA) is 77.1 Å². The molecule has 1 heterocycles. The Balaban J connectivity index is 2.89. The molecule has 0 aromatic carbocycles. The molecule has 5 nitrogen and oxygen atoms in total. The van der Waals surface area contributed by atoms with E-state index in [9.17, 15) is 8.42 Å². The van der Waals surface area contributed by atoms with Gasteiger partial charge in [-0.3, -0.25) is 0 Å². The first-order valence-electron chi connectivity index (χ1n) is 6.74. The summed E-state index contributed by atoms with van der Waals surface area (Å²) >= 11 is 1.71. The zero-order valence-electron chi connectivity index (χ0n) is 12.6. The summed E-state index contributed by atoms with van der Waals surface area (Å²) in [5, 5.41) is 0. The number of thioether (sulfide) groups is 1. The van der Waals surface area contributed by atoms with Crippen molar-refractivity contribution in [2.24, 2.45) is 12.8 Å². The van der Waals surface area contributed by atoms with Crippen LogP contribution in [0.15, 0.2) is 17.2 Å². The third kappa shape index (κ3) is 3.78. The lowest BCUT2D eigenvalue weighted by Crippen LogP contribution is -2.39. The molecule has 1 aromatic heterocycles. The monoisotopic (exact) mass is 319 g/mol. The Morgan fingerprint density at radius 3 is 2.40 bits per heavy atom. The number of rotatable bonds is 8. The first-order chi connectivity index (χ1) is 9.34. The molecule has 1 rings (SSSR count). The van der Waals surface area contributed by atoms with Crippen molar-refractivity contribution in [2.45, 2.75) is 42.9 Å². The first kappa shape index (κ1) is 17.6. The van der Waals surface area contributed by atoms with Crippen molar-refractivity contribution in [3.63, 3.8) is 0 Å². The smallest absolute Gasteiger partial charge is 0.242 e. The summed E-state index contributed by atoms with van der Waals surface area (Å²) in [6.45, 7) is 4.94. The van der Waals surface area contributed by atoms with E-state index in [-0.39, 0.29) is 9.64 Å². The normalized spacial score (nSPS) is 12.8. The van der Waals surface area contributed by atoms with Crippen LogP contribution in [-0.2, 0) is 23.6 Å². The molecule has 0 bridgehead atoms. The molecule has 0 atom stereocenters. The maximum Gasteiger partial charge on any atom is 0.242 e. The fraction of sp³-hybridized carbons (Fsp3) is 0.692. The molecule has 0 radical (unpaired) electrons. The van der Waals surface area contributed by atoms with Gasteiger partial charge in [0.2, 0.25) is 10.0 Å². The van der Waals surface area contributed by atoms with Crippen LogP contribution in [0.3, 0.4) is 0 Å². The van der Waals surface area contributed by atoms with Crippen molar-refractivity contribution in [2.75, 3.05) is 12.8 Å². The quantitative estimate of drug-likeness (QED) is 0.764. The highest BCUT2D eigenvalue weighted by Gasteiger charge is 2.28. The molecule has 0 aliphatic carbocycles. The number of aryl methyl sites for hydroxylation is 1. The van der Waals surface area contributed by atoms with E-state index in [4.69, 9.17) is 5.73 Å². The SMILES string of the molecule is CCC(CC)(CNS(=O)(=O)c1cc(CN)n(C)c1)SC. The summed E-state index contributed by atoms with van der Waals surface area (Å²) in [4.78, 5) is 0.280. The van der Waals surface area contributed by atoms with Gasteiger partial charge in [-0.2, -0.15) is 11.8 Å². The summed E-state index contributed by atoms with van der Waals surface area (Å²) in [7, 11) is -1.68. The molecule has 0 aliphatic rings. The van der Waals surface area contributed by atoms with Crippen LogP contribution in [-0.4, -0.2) is 30.5 Å². The van der Waals surface area contributed by atoms with E-state index in [2.05, 4.69) is 18.6 Å². The third-order valence-corrected chi connectivity index (χ3v) is 6.86. The third-order valence-electron chi connectivity index (χ3n) is 3.91. The Bertz CT molecular complexity index is 526. The molecule has 1 aromatic rings. The van der Waals surface area contributed by atoms with Crippen LogP contribution in [0.2, 0.25) is 0 Å². The summed E-state index contributed by atoms with van der Waals surface area (Å²) in [6.07, 6.45) is 5.48. The summed E-state index contributed by atoms with van der Waals surface area (Å²) < 4.78 is 29.1. The Hall–Kier alpha value is -0.500. The van der Waals surface area contributed by atoms with Crippen LogP contribution in [0.25, 0.3) is 0 Å². The summed E-state index contributed by atoms with van der Waals surface area (Å²) in [5.41, 5.74) is 6.37. The molecule has 0 unspecified atom stereocenters. The van der Waals surface area contributed by atoms with Gasteiger partial charge in [-0.25, -0.2) is 13.1 Å². The lowest BCUT2D eigenvalue weighted by atomic mass is 10.0. The summed E-state index contributed by atoms with van der Waals surface area (Å²) in [6, 6.07) is 1.63. The van der Waals surface area contributed by atoms with Gasteiger partial charge in [0, 0.05) is 36.8 Å². The predicted octanol–water partition coefficient (Wildman–Crippen LogP) is 1.68. The van der Waals surface area contributed by atoms with E-state index in [1.807, 2.05) is 6.26 Å². The van der Waals surface area contributed by atoms with Crippen molar-refractivity contribution in [3.8, 4) is 0 Å². The second-order valence-electron chi connectivity index (χ2n) is 4.90. The van der Waals surface area contributed by atoms with Gasteiger partial charge in [0.1, 0.15) is 0 Å². The second kappa shape index (κ2) is 6.98. The number of sulfonamides is 1. The minimum Gasteiger partial charge on any atom is -0.352 e. The number of aromatic nitrogens is 1. The van der Waals surface area contributed by atoms with Gasteiger partial charge in [-0.1, -0.05) is 13.8 Å². The van der Waals surface area contributed by atoms with Crippen LogP contribution in [0.1, 0.15) is 32.4 Å². The number of nitrogens with two attached hydrogens (primary N) is 1. The highest BCUT2D eigenvalue weighted by atomic mass is 32.2. The molecule has 3 N–H and O–H groups in total. The molecule has 0 fully saturated rings. The molecule has 116 valence electrons. The Morgan fingerprint density at radius 2 is 2.00 bits per heavy atom. The van der Waals surface area contributed by atoms with Gasteiger partial charge in [-0.15, -0.1) is 0 Å². The van der Waals surface area contributed by atoms with Crippen LogP contribution >= 0.6 is 11.8 Å². The Labute approximate surface area is 126 Å². The van der Waals surface area contributed by atoms with Crippen LogP contribution in [0.4, 0.5) is 0 Å². The van der Waals surface area contributed by atoms with Crippen LogP contribution in [0, 0.1) is 0 Å². The Kier molecular flexibility index (Phi) is 6.12. The van der Waals surface area contributed by atoms with E-state index >= 15 is 0 Å². The maximum atomic E-state index is 12.3. The average Bonchev–Trinajstić information content (AvgIpc) is 2.83. The van der Waals surface area contributed by atoms with Crippen molar-refractivity contribution in [1.29, 1.82) is 0 Å². The highest BCUT2D eigenvalue weighted by molar-refractivity contribution is 8.00. The van der Waals surface area contributed by atoms with E-state index < -0.39 is 10.0 Å². The van der Waals surface area contributed by atoms with Gasteiger partial charge < -0.3 is 10.3 Å². The fourth-order valence-electron chi connectivity index (χ4n) is 2.10. The molecule has 0 amide bonds. The zero-order chi connectivity index (χ0) is 15.4. The number of hydrogen-bond acceptors (Lipinski definition) is 4. The van der Waals surface area contributed by atoms with Gasteiger partial charge in [0.15, 0.2) is 0 Å². The lowest BCUT2D eigenvalue weighted by Gasteiger charge is -2.29. The molecule has 0 spiro atoms. The molecule has 0 saturated heterocycles. The zero-order valence-corrected chi connectivity index (χ0v) is 14.3. The van der Waals surface area contributed by atoms with Crippen molar-refractivity contribution in [1.82, 2.24) is 9.29 Å². The lowest BCUT2D eigenvalue weighted by molar-refractivity contribution is 0.522. The summed E-state index contributed by atoms with van der Waals surface area (Å²) in [5.74, 6) is 0. The van der Waals surface area contributed by atoms with Crippen LogP contribution in [0.5, 0.6) is 0 Å². The fourth-order valence-corrected chi connectivity index (χ4v) is 4.20. The van der Waals surface area contributed by atoms with Crippen molar-refractivity contribution >= 4 is 21.8 Å². The molecule has 0 aliphatic heterocycles. The van der Waals surface area contributed by atoms with E-state index in [0.29, 0.717) is 13.1 Å². The molecular formula is C13H25N3O2S2. The second-order valence-corrected chi connectivity index (χ2v) is 7.94. The van der Waals surface area contributed by atoms with Gasteiger partial charge in [0.05, 0.1) is 4.90 Å². The van der Waals surface area contributed by atoms with Crippen molar-refractivity contribution in [3.05, 3.63) is 18.0 Å². The minimum absolute atomic E-state index is 0.0431. The number of nitrogens with zero attached hydrogens (tertiary/aromatic N) is 1. The first-order valence-corrected chi connectivity index (χ1v) is 9.45. The van der Waals surface area contributed by atoms with E-state index in [1.165, 1.54) is 0 Å². The van der Waals surface area contributed by atoms with E-state index in [1.54, 1.807) is 35.6 Å². The van der Waals surface area contributed by atoms with Crippen LogP contribution < -0.4 is 10.5 Å². The average molecular weight is 319 g/mol. The standard InChI is InChI=1S/C13H25N3O2S2/c1-5-13(6-2,19-4)10-15-20(17,18)12-7-11(8-14)16(3)9-12/h7,9,15H,5-6,8,10,14H2,1-4H3. The van der Waals surface area contributed by atoms with Gasteiger partial charge in [0.25, 0.3) is 0 Å². The molecule has 7 heteroatoms. The maximum absolute atomic E-state index is 12.3. The van der Waals surface area contributed by atoms with Gasteiger partial charge >= 0.3 is 0 Å². The molecular weight excluding hydrogens is 294 g/mol. The molecule has 0 saturated carbocycles. The molecule has 20 heavy (non-hydrogen) atoms. The Morgan fingerprint density at radius 1 is 1.40 bits per heavy atom. The minimum atomic E-state index is -3.48. The van der Waals surface area contributed by atoms with Crippen molar-refractivity contribution < 1.29 is 8.42 Å². The largest absolute Gasteiger partial charge is 0.352 e. The van der Waals surface area contributed by atoms with E-state index in [0.717, 1.165) is 18.5 Å². The number of hydrogen-bond donors (Lipinski definition) is 2.